The number of ether oxygens (including phenoxy) is 1. The molecule has 0 spiro atoms. The van der Waals surface area contributed by atoms with Crippen molar-refractivity contribution >= 4 is 11.7 Å². The minimum absolute atomic E-state index is 0.0465. The lowest BCUT2D eigenvalue weighted by molar-refractivity contribution is 0.234. The summed E-state index contributed by atoms with van der Waals surface area (Å²) < 4.78 is 5.55. The number of hydrogen-bond acceptors (Lipinski definition) is 3. The second kappa shape index (κ2) is 7.14. The third-order valence-corrected chi connectivity index (χ3v) is 3.31. The van der Waals surface area contributed by atoms with Gasteiger partial charge in [-0.15, -0.1) is 0 Å². The predicted molar refractivity (Wildman–Crippen MR) is 84.7 cm³/mol. The molecular weight excluding hydrogens is 278 g/mol. The van der Waals surface area contributed by atoms with Crippen LogP contribution in [0.3, 0.4) is 0 Å². The molecule has 0 saturated carbocycles. The molecule has 0 radical (unpaired) electrons. The van der Waals surface area contributed by atoms with E-state index in [2.05, 4.69) is 10.6 Å². The van der Waals surface area contributed by atoms with Gasteiger partial charge in [-0.1, -0.05) is 24.3 Å². The number of carbonyl (C=O) groups is 1. The second-order valence-electron chi connectivity index (χ2n) is 4.78. The van der Waals surface area contributed by atoms with E-state index in [1.54, 1.807) is 24.3 Å². The Morgan fingerprint density at radius 1 is 1.18 bits per heavy atom. The fraction of sp³-hybridized carbons (Fsp3) is 0.176. The number of nitriles is 1. The molecule has 5 heteroatoms. The van der Waals surface area contributed by atoms with Gasteiger partial charge in [0.05, 0.1) is 11.3 Å². The summed E-state index contributed by atoms with van der Waals surface area (Å²) in [7, 11) is 0. The maximum Gasteiger partial charge on any atom is 0.321 e. The lowest BCUT2D eigenvalue weighted by Gasteiger charge is -2.12. The summed E-state index contributed by atoms with van der Waals surface area (Å²) in [4.78, 5) is 11.8. The molecule has 0 heterocycles. The number of carbonyl (C=O) groups excluding carboxylic acids is 1. The van der Waals surface area contributed by atoms with E-state index in [9.17, 15) is 4.79 Å². The molecule has 2 aromatic rings. The Bertz CT molecular complexity index is 720. The third-order valence-electron chi connectivity index (χ3n) is 3.31. The number of benzene rings is 2. The number of para-hydroxylation sites is 1. The highest BCUT2D eigenvalue weighted by Gasteiger charge is 2.06. The Morgan fingerprint density at radius 2 is 1.95 bits per heavy atom. The molecule has 0 atom stereocenters. The Labute approximate surface area is 129 Å². The van der Waals surface area contributed by atoms with E-state index >= 15 is 0 Å². The van der Waals surface area contributed by atoms with Gasteiger partial charge in [-0.3, -0.25) is 0 Å². The van der Waals surface area contributed by atoms with E-state index in [0.717, 1.165) is 16.9 Å². The van der Waals surface area contributed by atoms with Crippen molar-refractivity contribution in [1.29, 1.82) is 5.26 Å². The molecule has 0 aromatic heterocycles. The van der Waals surface area contributed by atoms with Crippen LogP contribution in [0.15, 0.2) is 42.5 Å². The average molecular weight is 295 g/mol. The Morgan fingerprint density at radius 3 is 2.73 bits per heavy atom. The van der Waals surface area contributed by atoms with Crippen molar-refractivity contribution < 1.29 is 9.53 Å². The fourth-order valence-corrected chi connectivity index (χ4v) is 1.92. The molecule has 112 valence electrons. The van der Waals surface area contributed by atoms with Gasteiger partial charge in [-0.05, 0) is 43.2 Å². The van der Waals surface area contributed by atoms with Crippen LogP contribution in [0.2, 0.25) is 0 Å². The van der Waals surface area contributed by atoms with Crippen LogP contribution in [0.5, 0.6) is 5.75 Å². The van der Waals surface area contributed by atoms with E-state index in [4.69, 9.17) is 10.00 Å². The van der Waals surface area contributed by atoms with Crippen LogP contribution in [0.1, 0.15) is 16.7 Å². The number of nitrogens with one attached hydrogen (secondary N) is 2. The molecule has 2 rings (SSSR count). The summed E-state index contributed by atoms with van der Waals surface area (Å²) in [5.74, 6) is 0.734. The van der Waals surface area contributed by atoms with E-state index < -0.39 is 6.03 Å². The van der Waals surface area contributed by atoms with Gasteiger partial charge in [0, 0.05) is 0 Å². The molecule has 0 saturated heterocycles. The van der Waals surface area contributed by atoms with Crippen molar-refractivity contribution in [2.75, 3.05) is 12.0 Å². The van der Waals surface area contributed by atoms with Crippen LogP contribution in [0.25, 0.3) is 0 Å². The van der Waals surface area contributed by atoms with Crippen molar-refractivity contribution in [2.45, 2.75) is 13.8 Å². The minimum Gasteiger partial charge on any atom is -0.473 e. The molecule has 22 heavy (non-hydrogen) atoms. The minimum atomic E-state index is -0.423. The molecule has 0 unspecified atom stereocenters. The lowest BCUT2D eigenvalue weighted by atomic mass is 10.1. The first-order valence-corrected chi connectivity index (χ1v) is 6.85. The Hall–Kier alpha value is -3.00. The van der Waals surface area contributed by atoms with E-state index in [-0.39, 0.29) is 6.73 Å². The molecular formula is C17H17N3O2. The van der Waals surface area contributed by atoms with Crippen molar-refractivity contribution in [1.82, 2.24) is 5.32 Å². The zero-order valence-corrected chi connectivity index (χ0v) is 12.5. The number of aryl methyl sites for hydroxylation is 1. The first-order valence-electron chi connectivity index (χ1n) is 6.85. The number of urea groups is 1. The van der Waals surface area contributed by atoms with Gasteiger partial charge in [0.1, 0.15) is 11.8 Å². The van der Waals surface area contributed by atoms with Crippen LogP contribution < -0.4 is 15.4 Å². The molecule has 0 bridgehead atoms. The number of amides is 2. The average Bonchev–Trinajstić information content (AvgIpc) is 2.52. The monoisotopic (exact) mass is 295 g/mol. The standard InChI is InChI=1S/C17H17N3O2/c1-12-6-5-9-16(13(12)2)22-11-19-17(21)20-15-8-4-3-7-14(15)10-18/h3-9H,11H2,1-2H3,(H2,19,20,21). The SMILES string of the molecule is Cc1cccc(OCNC(=O)Nc2ccccc2C#N)c1C. The van der Waals surface area contributed by atoms with Gasteiger partial charge in [-0.25, -0.2) is 4.79 Å². The van der Waals surface area contributed by atoms with Gasteiger partial charge in [-0.2, -0.15) is 5.26 Å². The third kappa shape index (κ3) is 3.76. The van der Waals surface area contributed by atoms with Crippen LogP contribution in [0.4, 0.5) is 10.5 Å². The zero-order chi connectivity index (χ0) is 15.9. The van der Waals surface area contributed by atoms with Crippen LogP contribution in [-0.4, -0.2) is 12.8 Å². The highest BCUT2D eigenvalue weighted by atomic mass is 16.5. The molecule has 0 aliphatic carbocycles. The summed E-state index contributed by atoms with van der Waals surface area (Å²) in [6.45, 7) is 4.01. The Balaban J connectivity index is 1.88. The molecule has 0 aliphatic heterocycles. The Kier molecular flexibility index (Phi) is 4.99. The van der Waals surface area contributed by atoms with Crippen molar-refractivity contribution in [3.05, 3.63) is 59.2 Å². The number of rotatable bonds is 4. The largest absolute Gasteiger partial charge is 0.473 e. The summed E-state index contributed by atoms with van der Waals surface area (Å²) >= 11 is 0. The van der Waals surface area contributed by atoms with E-state index in [0.29, 0.717) is 11.3 Å². The smallest absolute Gasteiger partial charge is 0.321 e. The van der Waals surface area contributed by atoms with Crippen LogP contribution in [0, 0.1) is 25.2 Å². The highest BCUT2D eigenvalue weighted by molar-refractivity contribution is 5.90. The molecule has 2 amide bonds. The quantitative estimate of drug-likeness (QED) is 0.850. The molecule has 2 N–H and O–H groups in total. The van der Waals surface area contributed by atoms with Crippen molar-refractivity contribution in [3.8, 4) is 11.8 Å². The maximum absolute atomic E-state index is 11.8. The number of hydrogen-bond donors (Lipinski definition) is 2. The summed E-state index contributed by atoms with van der Waals surface area (Å²) in [5, 5.41) is 14.2. The van der Waals surface area contributed by atoms with Gasteiger partial charge in [0.15, 0.2) is 6.73 Å². The van der Waals surface area contributed by atoms with Gasteiger partial charge >= 0.3 is 6.03 Å². The molecule has 5 nitrogen and oxygen atoms in total. The van der Waals surface area contributed by atoms with Crippen molar-refractivity contribution in [3.63, 3.8) is 0 Å². The van der Waals surface area contributed by atoms with Crippen LogP contribution in [-0.2, 0) is 0 Å². The van der Waals surface area contributed by atoms with Crippen molar-refractivity contribution in [2.24, 2.45) is 0 Å². The fourth-order valence-electron chi connectivity index (χ4n) is 1.92. The number of nitrogens with zero attached hydrogens (tertiary/aromatic N) is 1. The molecule has 0 fully saturated rings. The second-order valence-corrected chi connectivity index (χ2v) is 4.78. The van der Waals surface area contributed by atoms with Gasteiger partial charge in [0.25, 0.3) is 0 Å². The maximum atomic E-state index is 11.8. The summed E-state index contributed by atoms with van der Waals surface area (Å²) in [6, 6.07) is 14.2. The zero-order valence-electron chi connectivity index (χ0n) is 12.5. The number of anilines is 1. The predicted octanol–water partition coefficient (Wildman–Crippen LogP) is 3.33. The summed E-state index contributed by atoms with van der Waals surface area (Å²) in [6.07, 6.45) is 0. The molecule has 0 aliphatic rings. The normalized spacial score (nSPS) is 9.68. The van der Waals surface area contributed by atoms with E-state index in [1.807, 2.05) is 38.1 Å². The molecule has 2 aromatic carbocycles. The lowest BCUT2D eigenvalue weighted by Crippen LogP contribution is -2.32. The highest BCUT2D eigenvalue weighted by Crippen LogP contribution is 2.20. The topological polar surface area (TPSA) is 74.2 Å². The van der Waals surface area contributed by atoms with E-state index in [1.165, 1.54) is 0 Å². The van der Waals surface area contributed by atoms with Crippen LogP contribution >= 0.6 is 0 Å². The van der Waals surface area contributed by atoms with Gasteiger partial charge in [0.2, 0.25) is 0 Å². The first-order chi connectivity index (χ1) is 10.6. The first kappa shape index (κ1) is 15.4. The van der Waals surface area contributed by atoms with Gasteiger partial charge < -0.3 is 15.4 Å². The summed E-state index contributed by atoms with van der Waals surface area (Å²) in [5.41, 5.74) is 3.05.